The van der Waals surface area contributed by atoms with Crippen LogP contribution >= 0.6 is 35.0 Å². The molecule has 1 fully saturated rings. The van der Waals surface area contributed by atoms with Gasteiger partial charge in [-0.15, -0.1) is 5.10 Å². The Hall–Kier alpha value is -4.13. The molecule has 41 heavy (non-hydrogen) atoms. The van der Waals surface area contributed by atoms with Gasteiger partial charge in [-0.05, 0) is 36.4 Å². The van der Waals surface area contributed by atoms with Crippen LogP contribution in [0.15, 0.2) is 81.6 Å². The van der Waals surface area contributed by atoms with Crippen LogP contribution in [-0.2, 0) is 17.9 Å². The number of carbonyl (C=O) groups excluding carboxylic acids is 2. The molecule has 0 aliphatic carbocycles. The fourth-order valence-corrected chi connectivity index (χ4v) is 5.95. The Labute approximate surface area is 247 Å². The summed E-state index contributed by atoms with van der Waals surface area (Å²) < 4.78 is 2.92. The van der Waals surface area contributed by atoms with Gasteiger partial charge in [0.15, 0.2) is 5.65 Å². The maximum atomic E-state index is 13.5. The number of fused-ring (bicyclic) bond motifs is 1. The van der Waals surface area contributed by atoms with Crippen LogP contribution in [0.1, 0.15) is 21.7 Å². The number of piperazine rings is 1. The van der Waals surface area contributed by atoms with E-state index < -0.39 is 0 Å². The molecule has 0 bridgehead atoms. The van der Waals surface area contributed by atoms with E-state index in [4.69, 9.17) is 23.2 Å². The molecule has 14 heteroatoms. The number of nitrogens with zero attached hydrogens (tertiary/aromatic N) is 7. The molecule has 0 saturated carbocycles. The summed E-state index contributed by atoms with van der Waals surface area (Å²) in [5, 5.41) is 12.1. The molecule has 1 saturated heterocycles. The number of halogens is 2. The predicted molar refractivity (Wildman–Crippen MR) is 153 cm³/mol. The number of rotatable bonds is 7. The standard InChI is InChI=1S/C27H22Cl2N8O3S/c28-17-4-6-20(7-5-17)41-22-3-1-2-21(29)26(22)27(40)35-11-10-34(25(39)16-35)13-19-15-36(33-32-19)14-18-12-24(38)37-23(31-18)8-9-30-37/h1-9,12,15,30H,10-11,13-14,16H2. The number of aromatic nitrogens is 6. The van der Waals surface area contributed by atoms with Crippen LogP contribution in [0.2, 0.25) is 10.0 Å². The van der Waals surface area contributed by atoms with Crippen molar-refractivity contribution in [1.82, 2.24) is 39.4 Å². The lowest BCUT2D eigenvalue weighted by molar-refractivity contribution is -0.135. The number of carbonyl (C=O) groups is 2. The van der Waals surface area contributed by atoms with Crippen LogP contribution in [0.3, 0.4) is 0 Å². The maximum absolute atomic E-state index is 13.5. The largest absolute Gasteiger partial charge is 0.333 e. The molecule has 0 atom stereocenters. The van der Waals surface area contributed by atoms with E-state index in [0.29, 0.717) is 50.6 Å². The molecule has 3 aromatic heterocycles. The molecule has 208 valence electrons. The molecule has 1 aliphatic heterocycles. The van der Waals surface area contributed by atoms with Gasteiger partial charge in [0, 0.05) is 46.2 Å². The van der Waals surface area contributed by atoms with Crippen molar-refractivity contribution in [3.05, 3.63) is 104 Å². The molecule has 5 aromatic rings. The van der Waals surface area contributed by atoms with Gasteiger partial charge in [0.2, 0.25) is 5.91 Å². The molecule has 0 spiro atoms. The highest BCUT2D eigenvalue weighted by molar-refractivity contribution is 7.99. The van der Waals surface area contributed by atoms with E-state index in [1.54, 1.807) is 52.3 Å². The zero-order valence-corrected chi connectivity index (χ0v) is 23.7. The molecule has 4 heterocycles. The smallest absolute Gasteiger partial charge is 0.272 e. The normalized spacial score (nSPS) is 13.8. The molecular weight excluding hydrogens is 587 g/mol. The van der Waals surface area contributed by atoms with E-state index in [2.05, 4.69) is 20.4 Å². The van der Waals surface area contributed by atoms with Crippen molar-refractivity contribution in [3.63, 3.8) is 0 Å². The summed E-state index contributed by atoms with van der Waals surface area (Å²) in [6, 6.07) is 15.8. The van der Waals surface area contributed by atoms with Crippen LogP contribution in [0.5, 0.6) is 0 Å². The maximum Gasteiger partial charge on any atom is 0.272 e. The van der Waals surface area contributed by atoms with Gasteiger partial charge < -0.3 is 9.80 Å². The first-order chi connectivity index (χ1) is 19.8. The zero-order valence-electron chi connectivity index (χ0n) is 21.4. The second-order valence-electron chi connectivity index (χ2n) is 9.36. The first-order valence-electron chi connectivity index (χ1n) is 12.6. The number of nitrogens with one attached hydrogen (secondary N) is 1. The summed E-state index contributed by atoms with van der Waals surface area (Å²) in [6.45, 7) is 1.11. The third-order valence-corrected chi connectivity index (χ3v) is 8.17. The highest BCUT2D eigenvalue weighted by Gasteiger charge is 2.30. The minimum atomic E-state index is -0.297. The Morgan fingerprint density at radius 1 is 1.00 bits per heavy atom. The number of hydrogen-bond donors (Lipinski definition) is 1. The highest BCUT2D eigenvalue weighted by atomic mass is 35.5. The minimum absolute atomic E-state index is 0.0756. The first kappa shape index (κ1) is 27.1. The van der Waals surface area contributed by atoms with Crippen LogP contribution in [0.25, 0.3) is 5.65 Å². The highest BCUT2D eigenvalue weighted by Crippen LogP contribution is 2.35. The average Bonchev–Trinajstić information content (AvgIpc) is 3.61. The lowest BCUT2D eigenvalue weighted by Crippen LogP contribution is -2.52. The third kappa shape index (κ3) is 5.85. The second-order valence-corrected chi connectivity index (χ2v) is 11.3. The van der Waals surface area contributed by atoms with Crippen LogP contribution < -0.4 is 5.56 Å². The number of hydrogen-bond acceptors (Lipinski definition) is 7. The summed E-state index contributed by atoms with van der Waals surface area (Å²) >= 11 is 13.9. The lowest BCUT2D eigenvalue weighted by atomic mass is 10.1. The Kier molecular flexibility index (Phi) is 7.52. The van der Waals surface area contributed by atoms with Crippen molar-refractivity contribution in [2.75, 3.05) is 19.6 Å². The van der Waals surface area contributed by atoms with Crippen molar-refractivity contribution >= 4 is 52.4 Å². The van der Waals surface area contributed by atoms with Gasteiger partial charge in [0.05, 0.1) is 35.6 Å². The van der Waals surface area contributed by atoms with Crippen LogP contribution in [-0.4, -0.2) is 70.8 Å². The molecule has 2 aromatic carbocycles. The van der Waals surface area contributed by atoms with E-state index in [1.807, 2.05) is 18.2 Å². The molecule has 1 N–H and O–H groups in total. The Morgan fingerprint density at radius 2 is 1.83 bits per heavy atom. The minimum Gasteiger partial charge on any atom is -0.333 e. The average molecular weight is 609 g/mol. The van der Waals surface area contributed by atoms with Crippen LogP contribution in [0.4, 0.5) is 0 Å². The van der Waals surface area contributed by atoms with Gasteiger partial charge in [-0.3, -0.25) is 19.5 Å². The molecule has 11 nitrogen and oxygen atoms in total. The number of amides is 2. The quantitative estimate of drug-likeness (QED) is 0.299. The van der Waals surface area contributed by atoms with Crippen LogP contribution in [0, 0.1) is 0 Å². The van der Waals surface area contributed by atoms with Gasteiger partial charge >= 0.3 is 0 Å². The van der Waals surface area contributed by atoms with Gasteiger partial charge in [-0.1, -0.05) is 46.2 Å². The summed E-state index contributed by atoms with van der Waals surface area (Å²) in [7, 11) is 0. The van der Waals surface area contributed by atoms with Crippen molar-refractivity contribution in [3.8, 4) is 0 Å². The summed E-state index contributed by atoms with van der Waals surface area (Å²) in [5.41, 5.74) is 1.79. The second kappa shape index (κ2) is 11.4. The molecule has 2 amide bonds. The fraction of sp³-hybridized carbons (Fsp3) is 0.185. The van der Waals surface area contributed by atoms with Crippen molar-refractivity contribution in [2.45, 2.75) is 22.9 Å². The van der Waals surface area contributed by atoms with E-state index >= 15 is 0 Å². The number of aromatic amines is 1. The first-order valence-corrected chi connectivity index (χ1v) is 14.2. The van der Waals surface area contributed by atoms with E-state index in [9.17, 15) is 14.4 Å². The van der Waals surface area contributed by atoms with Crippen molar-refractivity contribution < 1.29 is 9.59 Å². The third-order valence-electron chi connectivity index (χ3n) is 6.53. The van der Waals surface area contributed by atoms with Gasteiger partial charge in [-0.2, -0.15) is 0 Å². The van der Waals surface area contributed by atoms with Crippen molar-refractivity contribution in [1.29, 1.82) is 0 Å². The van der Waals surface area contributed by atoms with E-state index in [1.165, 1.54) is 27.2 Å². The number of H-pyrrole nitrogens is 1. The monoisotopic (exact) mass is 608 g/mol. The van der Waals surface area contributed by atoms with E-state index in [-0.39, 0.29) is 37.0 Å². The molecule has 0 radical (unpaired) electrons. The molecule has 1 aliphatic rings. The Balaban J connectivity index is 1.10. The van der Waals surface area contributed by atoms with Gasteiger partial charge in [0.25, 0.3) is 11.5 Å². The zero-order chi connectivity index (χ0) is 28.5. The predicted octanol–water partition coefficient (Wildman–Crippen LogP) is 3.61. The Morgan fingerprint density at radius 3 is 2.63 bits per heavy atom. The SMILES string of the molecule is O=C1CN(C(=O)c2c(Cl)cccc2Sc2ccc(Cl)cc2)CCN1Cc1cn(Cc2cc(=O)n3[nH]ccc3n2)nn1. The fourth-order valence-electron chi connectivity index (χ4n) is 4.54. The summed E-state index contributed by atoms with van der Waals surface area (Å²) in [6.07, 6.45) is 3.36. The van der Waals surface area contributed by atoms with Gasteiger partial charge in [0.1, 0.15) is 12.2 Å². The number of benzene rings is 2. The molecular formula is C27H22Cl2N8O3S. The topological polar surface area (TPSA) is 121 Å². The lowest BCUT2D eigenvalue weighted by Gasteiger charge is -2.34. The summed E-state index contributed by atoms with van der Waals surface area (Å²) in [5.74, 6) is -0.500. The Bertz CT molecular complexity index is 1820. The van der Waals surface area contributed by atoms with Crippen molar-refractivity contribution in [2.24, 2.45) is 0 Å². The molecule has 0 unspecified atom stereocenters. The van der Waals surface area contributed by atoms with Gasteiger partial charge in [-0.25, -0.2) is 14.2 Å². The summed E-state index contributed by atoms with van der Waals surface area (Å²) in [4.78, 5) is 48.0. The van der Waals surface area contributed by atoms with E-state index in [0.717, 1.165) is 4.90 Å². The molecule has 6 rings (SSSR count).